The molecule has 4 rings (SSSR count). The summed E-state index contributed by atoms with van der Waals surface area (Å²) in [5.41, 5.74) is 2.79. The van der Waals surface area contributed by atoms with Crippen LogP contribution in [0.4, 0.5) is 5.82 Å². The quantitative estimate of drug-likeness (QED) is 0.732. The van der Waals surface area contributed by atoms with Crippen molar-refractivity contribution >= 4 is 5.82 Å². The summed E-state index contributed by atoms with van der Waals surface area (Å²) in [4.78, 5) is 17.5. The topological polar surface area (TPSA) is 57.2 Å². The molecule has 1 N–H and O–H groups in total. The number of pyridine rings is 1. The lowest BCUT2D eigenvalue weighted by molar-refractivity contribution is 0.312. The van der Waals surface area contributed by atoms with Gasteiger partial charge in [0.15, 0.2) is 0 Å². The van der Waals surface area contributed by atoms with Gasteiger partial charge in [0.2, 0.25) is 0 Å². The van der Waals surface area contributed by atoms with Crippen LogP contribution in [0, 0.1) is 6.92 Å². The summed E-state index contributed by atoms with van der Waals surface area (Å²) < 4.78 is 0. The Balaban J connectivity index is 0.000000177. The van der Waals surface area contributed by atoms with Crippen LogP contribution in [0.3, 0.4) is 0 Å². The van der Waals surface area contributed by atoms with Gasteiger partial charge in [0.25, 0.3) is 0 Å². The number of rotatable bonds is 5. The van der Waals surface area contributed by atoms with Gasteiger partial charge in [0.1, 0.15) is 11.6 Å². The average Bonchev–Trinajstić information content (AvgIpc) is 2.81. The summed E-state index contributed by atoms with van der Waals surface area (Å²) >= 11 is 0. The molecule has 0 atom stereocenters. The summed E-state index contributed by atoms with van der Waals surface area (Å²) in [5, 5.41) is 3.25. The molecule has 0 aromatic carbocycles. The lowest BCUT2D eigenvalue weighted by Crippen LogP contribution is -2.44. The van der Waals surface area contributed by atoms with Crippen LogP contribution in [0.5, 0.6) is 0 Å². The van der Waals surface area contributed by atoms with Crippen LogP contribution < -0.4 is 10.2 Å². The number of fused-ring (bicyclic) bond motifs is 1. The van der Waals surface area contributed by atoms with E-state index in [1.165, 1.54) is 56.3 Å². The summed E-state index contributed by atoms with van der Waals surface area (Å²) in [6.07, 6.45) is 11.4. The number of aromatic nitrogens is 3. The Hall–Kier alpha value is -2.05. The second kappa shape index (κ2) is 14.9. The molecule has 0 unspecified atom stereocenters. The highest BCUT2D eigenvalue weighted by Gasteiger charge is 2.14. The molecule has 3 heterocycles. The van der Waals surface area contributed by atoms with Gasteiger partial charge in [-0.15, -0.1) is 0 Å². The predicted octanol–water partition coefficient (Wildman–Crippen LogP) is 3.89. The standard InChI is InChI=1S/C10H16N4.C9H11N.C6H15N/c1-9-11-4-3-10(12-9)14-7-5-13(2)6-8-14;1-2-6-9-8(4-1)5-3-7-10-9;1-3-5-6-7-4-2/h3-4H,5-8H2,1-2H3;3,5,7H,1-2,4,6H2;7H,3-6H2,1-2H3. The second-order valence-corrected chi connectivity index (χ2v) is 8.28. The van der Waals surface area contributed by atoms with Gasteiger partial charge >= 0.3 is 0 Å². The molecular formula is C25H42N6. The van der Waals surface area contributed by atoms with E-state index in [0.29, 0.717) is 0 Å². The molecule has 0 bridgehead atoms. The number of aryl methyl sites for hydroxylation is 3. The molecule has 0 saturated carbocycles. The van der Waals surface area contributed by atoms with E-state index in [-0.39, 0.29) is 0 Å². The van der Waals surface area contributed by atoms with Gasteiger partial charge in [-0.2, -0.15) is 0 Å². The molecule has 2 aromatic heterocycles. The first-order valence-corrected chi connectivity index (χ1v) is 12.0. The Bertz CT molecular complexity index is 698. The van der Waals surface area contributed by atoms with Gasteiger partial charge in [-0.1, -0.05) is 26.3 Å². The van der Waals surface area contributed by atoms with Crippen LogP contribution in [0.1, 0.15) is 56.6 Å². The summed E-state index contributed by atoms with van der Waals surface area (Å²) in [6.45, 7) is 12.9. The van der Waals surface area contributed by atoms with Crippen LogP contribution in [0.15, 0.2) is 30.6 Å². The molecular weight excluding hydrogens is 384 g/mol. The number of unbranched alkanes of at least 4 members (excludes halogenated alkanes) is 1. The van der Waals surface area contributed by atoms with Crippen molar-refractivity contribution in [3.8, 4) is 0 Å². The minimum absolute atomic E-state index is 0.849. The molecule has 1 fully saturated rings. The fourth-order valence-electron chi connectivity index (χ4n) is 3.67. The zero-order chi connectivity index (χ0) is 22.3. The van der Waals surface area contributed by atoms with Crippen molar-refractivity contribution in [1.82, 2.24) is 25.2 Å². The van der Waals surface area contributed by atoms with Gasteiger partial charge in [-0.05, 0) is 76.9 Å². The van der Waals surface area contributed by atoms with Crippen molar-refractivity contribution < 1.29 is 0 Å². The fraction of sp³-hybridized carbons (Fsp3) is 0.640. The molecule has 6 heteroatoms. The van der Waals surface area contributed by atoms with E-state index < -0.39 is 0 Å². The molecule has 172 valence electrons. The maximum Gasteiger partial charge on any atom is 0.132 e. The van der Waals surface area contributed by atoms with Gasteiger partial charge in [-0.3, -0.25) is 4.98 Å². The van der Waals surface area contributed by atoms with Gasteiger partial charge in [-0.25, -0.2) is 9.97 Å². The predicted molar refractivity (Wildman–Crippen MR) is 131 cm³/mol. The maximum absolute atomic E-state index is 4.42. The van der Waals surface area contributed by atoms with Crippen LogP contribution in [0.2, 0.25) is 0 Å². The molecule has 0 radical (unpaired) electrons. The first-order valence-electron chi connectivity index (χ1n) is 12.0. The molecule has 6 nitrogen and oxygen atoms in total. The number of hydrogen-bond acceptors (Lipinski definition) is 6. The monoisotopic (exact) mass is 426 g/mol. The van der Waals surface area contributed by atoms with Crippen molar-refractivity contribution in [1.29, 1.82) is 0 Å². The van der Waals surface area contributed by atoms with E-state index in [1.54, 1.807) is 0 Å². The molecule has 1 aliphatic carbocycles. The molecule has 0 amide bonds. The molecule has 1 saturated heterocycles. The zero-order valence-electron chi connectivity index (χ0n) is 20.1. The van der Waals surface area contributed by atoms with E-state index >= 15 is 0 Å². The van der Waals surface area contributed by atoms with E-state index in [0.717, 1.165) is 44.4 Å². The smallest absolute Gasteiger partial charge is 0.132 e. The van der Waals surface area contributed by atoms with Gasteiger partial charge in [0, 0.05) is 44.3 Å². The van der Waals surface area contributed by atoms with Crippen LogP contribution >= 0.6 is 0 Å². The number of nitrogens with zero attached hydrogens (tertiary/aromatic N) is 5. The van der Waals surface area contributed by atoms with Crippen molar-refractivity contribution in [2.24, 2.45) is 0 Å². The van der Waals surface area contributed by atoms with Crippen molar-refractivity contribution in [2.45, 2.75) is 59.3 Å². The van der Waals surface area contributed by atoms with Crippen molar-refractivity contribution in [3.63, 3.8) is 0 Å². The number of anilines is 1. The maximum atomic E-state index is 4.42. The van der Waals surface area contributed by atoms with E-state index in [4.69, 9.17) is 0 Å². The number of nitrogens with one attached hydrogen (secondary N) is 1. The fourth-order valence-corrected chi connectivity index (χ4v) is 3.67. The third-order valence-corrected chi connectivity index (χ3v) is 5.64. The highest BCUT2D eigenvalue weighted by molar-refractivity contribution is 5.37. The van der Waals surface area contributed by atoms with Crippen LogP contribution in [0.25, 0.3) is 0 Å². The zero-order valence-corrected chi connectivity index (χ0v) is 20.1. The van der Waals surface area contributed by atoms with Crippen LogP contribution in [-0.4, -0.2) is 66.2 Å². The lowest BCUT2D eigenvalue weighted by Gasteiger charge is -2.33. The number of hydrogen-bond donors (Lipinski definition) is 1. The summed E-state index contributed by atoms with van der Waals surface area (Å²) in [5.74, 6) is 1.91. The molecule has 2 aromatic rings. The second-order valence-electron chi connectivity index (χ2n) is 8.28. The highest BCUT2D eigenvalue weighted by atomic mass is 15.3. The third kappa shape index (κ3) is 9.74. The SMILES string of the molecule is CCCCNCC.Cc1nccc(N2CCN(C)CC2)n1.c1cnc2c(c1)CCCC2. The minimum atomic E-state index is 0.849. The average molecular weight is 427 g/mol. The third-order valence-electron chi connectivity index (χ3n) is 5.64. The van der Waals surface area contributed by atoms with E-state index in [9.17, 15) is 0 Å². The first-order chi connectivity index (χ1) is 15.1. The van der Waals surface area contributed by atoms with Gasteiger partial charge in [0.05, 0.1) is 0 Å². The molecule has 0 spiro atoms. The van der Waals surface area contributed by atoms with Crippen LogP contribution in [-0.2, 0) is 12.8 Å². The van der Waals surface area contributed by atoms with E-state index in [2.05, 4.69) is 57.0 Å². The Labute approximate surface area is 189 Å². The molecule has 31 heavy (non-hydrogen) atoms. The number of likely N-dealkylation sites (N-methyl/N-ethyl adjacent to an activating group) is 1. The molecule has 1 aliphatic heterocycles. The minimum Gasteiger partial charge on any atom is -0.354 e. The largest absolute Gasteiger partial charge is 0.354 e. The Morgan fingerprint density at radius 3 is 2.42 bits per heavy atom. The van der Waals surface area contributed by atoms with Gasteiger partial charge < -0.3 is 15.1 Å². The summed E-state index contributed by atoms with van der Waals surface area (Å²) in [7, 11) is 2.16. The Morgan fingerprint density at radius 1 is 0.968 bits per heavy atom. The highest BCUT2D eigenvalue weighted by Crippen LogP contribution is 2.17. The van der Waals surface area contributed by atoms with E-state index in [1.807, 2.05) is 31.5 Å². The van der Waals surface area contributed by atoms with Crippen molar-refractivity contribution in [3.05, 3.63) is 47.7 Å². The Morgan fingerprint density at radius 2 is 1.74 bits per heavy atom. The normalized spacial score (nSPS) is 15.8. The molecule has 2 aliphatic rings. The Kier molecular flexibility index (Phi) is 12.1. The lowest BCUT2D eigenvalue weighted by atomic mass is 9.96. The first kappa shape index (κ1) is 25.2. The van der Waals surface area contributed by atoms with Crippen molar-refractivity contribution in [2.75, 3.05) is 51.2 Å². The number of piperazine rings is 1. The summed E-state index contributed by atoms with van der Waals surface area (Å²) in [6, 6.07) is 6.21.